The smallest absolute Gasteiger partial charge is 0.317 e. The van der Waals surface area contributed by atoms with E-state index in [1.165, 1.54) is 0 Å². The zero-order chi connectivity index (χ0) is 19.1. The number of pyridine rings is 1. The van der Waals surface area contributed by atoms with E-state index in [2.05, 4.69) is 10.3 Å². The Morgan fingerprint density at radius 1 is 1.33 bits per heavy atom. The lowest BCUT2D eigenvalue weighted by molar-refractivity contribution is -0.0352. The molecule has 1 saturated heterocycles. The number of hydrogen-bond acceptors (Lipinski definition) is 5. The summed E-state index contributed by atoms with van der Waals surface area (Å²) in [4.78, 5) is 18.1. The molecule has 2 amide bonds. The van der Waals surface area contributed by atoms with Gasteiger partial charge in [0.2, 0.25) is 0 Å². The van der Waals surface area contributed by atoms with Crippen molar-refractivity contribution in [1.29, 1.82) is 0 Å². The third kappa shape index (κ3) is 5.74. The zero-order valence-corrected chi connectivity index (χ0v) is 15.8. The highest BCUT2D eigenvalue weighted by Gasteiger charge is 2.24. The van der Waals surface area contributed by atoms with E-state index in [9.17, 15) is 4.79 Å². The van der Waals surface area contributed by atoms with E-state index in [1.807, 2.05) is 24.3 Å². The van der Waals surface area contributed by atoms with Gasteiger partial charge >= 0.3 is 6.03 Å². The minimum atomic E-state index is -0.204. The van der Waals surface area contributed by atoms with Crippen LogP contribution in [-0.4, -0.2) is 55.4 Å². The summed E-state index contributed by atoms with van der Waals surface area (Å²) in [7, 11) is 1.62. The third-order valence-corrected chi connectivity index (χ3v) is 4.35. The number of benzene rings is 1. The van der Waals surface area contributed by atoms with Gasteiger partial charge in [-0.15, -0.1) is 0 Å². The van der Waals surface area contributed by atoms with Crippen LogP contribution < -0.4 is 14.8 Å². The lowest BCUT2D eigenvalue weighted by atomic mass is 10.2. The van der Waals surface area contributed by atoms with Gasteiger partial charge in [0.1, 0.15) is 24.2 Å². The molecule has 1 unspecified atom stereocenters. The van der Waals surface area contributed by atoms with E-state index in [1.54, 1.807) is 30.5 Å². The number of amides is 2. The number of aromatic nitrogens is 1. The summed E-state index contributed by atoms with van der Waals surface area (Å²) >= 11 is 5.89. The summed E-state index contributed by atoms with van der Waals surface area (Å²) in [5, 5.41) is 3.44. The molecule has 144 valence electrons. The number of halogens is 1. The Balaban J connectivity index is 1.45. The quantitative estimate of drug-likeness (QED) is 0.819. The number of nitrogens with zero attached hydrogens (tertiary/aromatic N) is 2. The maximum Gasteiger partial charge on any atom is 0.317 e. The molecule has 27 heavy (non-hydrogen) atoms. The van der Waals surface area contributed by atoms with Gasteiger partial charge in [0, 0.05) is 25.4 Å². The summed E-state index contributed by atoms with van der Waals surface area (Å²) in [6.07, 6.45) is 2.93. The molecule has 1 fully saturated rings. The second kappa shape index (κ2) is 9.43. The molecule has 1 aromatic carbocycles. The average Bonchev–Trinajstić information content (AvgIpc) is 2.71. The number of hydrogen-bond donors (Lipinski definition) is 1. The molecule has 1 N–H and O–H groups in total. The molecular weight excluding hydrogens is 370 g/mol. The Labute approximate surface area is 163 Å². The number of carbonyl (C=O) groups is 1. The van der Waals surface area contributed by atoms with Crippen molar-refractivity contribution >= 4 is 17.6 Å². The number of morpholine rings is 1. The van der Waals surface area contributed by atoms with Crippen LogP contribution in [0.1, 0.15) is 5.56 Å². The highest BCUT2D eigenvalue weighted by atomic mass is 35.5. The van der Waals surface area contributed by atoms with Crippen LogP contribution in [0.15, 0.2) is 42.7 Å². The van der Waals surface area contributed by atoms with E-state index in [0.29, 0.717) is 43.6 Å². The Hall–Kier alpha value is -2.51. The third-order valence-electron chi connectivity index (χ3n) is 4.14. The van der Waals surface area contributed by atoms with Crippen LogP contribution in [0, 0.1) is 0 Å². The standard InChI is InChI=1S/C19H22ClN3O4/c1-25-16-4-2-14(3-5-16)9-22-19(24)23-6-7-26-18(12-23)13-27-17-8-15(20)10-21-11-17/h2-5,8,10-11,18H,6-7,9,12-13H2,1H3,(H,22,24). The highest BCUT2D eigenvalue weighted by molar-refractivity contribution is 6.30. The zero-order valence-electron chi connectivity index (χ0n) is 15.1. The molecule has 0 radical (unpaired) electrons. The summed E-state index contributed by atoms with van der Waals surface area (Å²) in [5.74, 6) is 1.36. The summed E-state index contributed by atoms with van der Waals surface area (Å²) in [6, 6.07) is 9.16. The Morgan fingerprint density at radius 3 is 2.89 bits per heavy atom. The normalized spacial score (nSPS) is 16.7. The number of ether oxygens (including phenoxy) is 3. The van der Waals surface area contributed by atoms with Crippen LogP contribution in [0.4, 0.5) is 4.79 Å². The molecule has 1 atom stereocenters. The number of carbonyl (C=O) groups excluding carboxylic acids is 1. The Morgan fingerprint density at radius 2 is 2.15 bits per heavy atom. The average molecular weight is 392 g/mol. The molecule has 0 spiro atoms. The van der Waals surface area contributed by atoms with Crippen LogP contribution in [0.2, 0.25) is 5.02 Å². The second-order valence-corrected chi connectivity index (χ2v) is 6.53. The van der Waals surface area contributed by atoms with Crippen LogP contribution in [-0.2, 0) is 11.3 Å². The first-order valence-electron chi connectivity index (χ1n) is 8.64. The van der Waals surface area contributed by atoms with E-state index in [0.717, 1.165) is 11.3 Å². The molecule has 0 bridgehead atoms. The number of urea groups is 1. The molecule has 1 aliphatic heterocycles. The van der Waals surface area contributed by atoms with E-state index < -0.39 is 0 Å². The van der Waals surface area contributed by atoms with E-state index >= 15 is 0 Å². The van der Waals surface area contributed by atoms with Gasteiger partial charge in [-0.2, -0.15) is 0 Å². The lowest BCUT2D eigenvalue weighted by Gasteiger charge is -2.32. The minimum absolute atomic E-state index is 0.122. The van der Waals surface area contributed by atoms with Crippen molar-refractivity contribution in [2.45, 2.75) is 12.6 Å². The fourth-order valence-electron chi connectivity index (χ4n) is 2.70. The van der Waals surface area contributed by atoms with Crippen molar-refractivity contribution in [2.24, 2.45) is 0 Å². The first kappa shape index (κ1) is 19.3. The topological polar surface area (TPSA) is 72.9 Å². The van der Waals surface area contributed by atoms with Gasteiger partial charge < -0.3 is 24.4 Å². The van der Waals surface area contributed by atoms with E-state index in [-0.39, 0.29) is 12.1 Å². The van der Waals surface area contributed by atoms with Crippen LogP contribution in [0.25, 0.3) is 0 Å². The molecule has 8 heteroatoms. The van der Waals surface area contributed by atoms with Gasteiger partial charge in [0.15, 0.2) is 0 Å². The van der Waals surface area contributed by atoms with Crippen LogP contribution in [0.5, 0.6) is 11.5 Å². The van der Waals surface area contributed by atoms with Crippen molar-refractivity contribution in [1.82, 2.24) is 15.2 Å². The summed E-state index contributed by atoms with van der Waals surface area (Å²) < 4.78 is 16.5. The fraction of sp³-hybridized carbons (Fsp3) is 0.368. The van der Waals surface area contributed by atoms with Crippen LogP contribution in [0.3, 0.4) is 0 Å². The van der Waals surface area contributed by atoms with Gasteiger partial charge in [0.05, 0.1) is 31.5 Å². The number of methoxy groups -OCH3 is 1. The molecule has 7 nitrogen and oxygen atoms in total. The lowest BCUT2D eigenvalue weighted by Crippen LogP contribution is -2.50. The molecule has 0 saturated carbocycles. The van der Waals surface area contributed by atoms with Gasteiger partial charge in [-0.05, 0) is 17.7 Å². The number of rotatable bonds is 6. The number of nitrogens with one attached hydrogen (secondary N) is 1. The van der Waals surface area contributed by atoms with Crippen molar-refractivity contribution in [3.63, 3.8) is 0 Å². The van der Waals surface area contributed by atoms with Gasteiger partial charge in [-0.3, -0.25) is 4.98 Å². The first-order chi connectivity index (χ1) is 13.1. The maximum atomic E-state index is 12.4. The second-order valence-electron chi connectivity index (χ2n) is 6.10. The predicted molar refractivity (Wildman–Crippen MR) is 101 cm³/mol. The van der Waals surface area contributed by atoms with Crippen LogP contribution >= 0.6 is 11.6 Å². The Kier molecular flexibility index (Phi) is 6.73. The van der Waals surface area contributed by atoms with E-state index in [4.69, 9.17) is 25.8 Å². The summed E-state index contributed by atoms with van der Waals surface area (Å²) in [5.41, 5.74) is 1.01. The van der Waals surface area contributed by atoms with Gasteiger partial charge in [0.25, 0.3) is 0 Å². The monoisotopic (exact) mass is 391 g/mol. The highest BCUT2D eigenvalue weighted by Crippen LogP contribution is 2.16. The largest absolute Gasteiger partial charge is 0.497 e. The minimum Gasteiger partial charge on any atom is -0.497 e. The fourth-order valence-corrected chi connectivity index (χ4v) is 2.86. The Bertz CT molecular complexity index is 757. The van der Waals surface area contributed by atoms with Gasteiger partial charge in [-0.1, -0.05) is 23.7 Å². The first-order valence-corrected chi connectivity index (χ1v) is 9.02. The summed E-state index contributed by atoms with van der Waals surface area (Å²) in [6.45, 7) is 2.25. The SMILES string of the molecule is COc1ccc(CNC(=O)N2CCOC(COc3cncc(Cl)c3)C2)cc1. The molecule has 2 aromatic rings. The van der Waals surface area contributed by atoms with Crippen molar-refractivity contribution < 1.29 is 19.0 Å². The molecule has 1 aliphatic rings. The molecular formula is C19H22ClN3O4. The molecule has 2 heterocycles. The predicted octanol–water partition coefficient (Wildman–Crippen LogP) is 2.73. The van der Waals surface area contributed by atoms with Crippen molar-refractivity contribution in [3.05, 3.63) is 53.3 Å². The molecule has 0 aliphatic carbocycles. The molecule has 1 aromatic heterocycles. The maximum absolute atomic E-state index is 12.4. The van der Waals surface area contributed by atoms with Crippen molar-refractivity contribution in [3.8, 4) is 11.5 Å². The van der Waals surface area contributed by atoms with Crippen molar-refractivity contribution in [2.75, 3.05) is 33.4 Å². The van der Waals surface area contributed by atoms with Gasteiger partial charge in [-0.25, -0.2) is 4.79 Å². The molecule has 3 rings (SSSR count).